The predicted octanol–water partition coefficient (Wildman–Crippen LogP) is 3.63. The molecule has 0 aliphatic heterocycles. The van der Waals surface area contributed by atoms with Crippen LogP contribution in [0.25, 0.3) is 12.2 Å². The Labute approximate surface area is 151 Å². The Morgan fingerprint density at radius 1 is 0.692 bits per heavy atom. The number of benzene rings is 2. The van der Waals surface area contributed by atoms with Crippen molar-refractivity contribution in [3.63, 3.8) is 0 Å². The first-order valence-corrected chi connectivity index (χ1v) is 7.82. The van der Waals surface area contributed by atoms with Crippen molar-refractivity contribution >= 4 is 30.1 Å². The standard InChI is InChI=1S/C20H18O6/c1-13(21)24-18-12-11-17(10-9-16-7-5-4-6-8-16)19(25-14(2)22)20(18)26-15(3)23/h4-12H,1-3H3. The first-order valence-electron chi connectivity index (χ1n) is 7.82. The van der Waals surface area contributed by atoms with Crippen LogP contribution in [-0.4, -0.2) is 17.9 Å². The van der Waals surface area contributed by atoms with Gasteiger partial charge in [-0.15, -0.1) is 0 Å². The van der Waals surface area contributed by atoms with Crippen LogP contribution in [0.5, 0.6) is 17.2 Å². The summed E-state index contributed by atoms with van der Waals surface area (Å²) in [5, 5.41) is 0. The van der Waals surface area contributed by atoms with Crippen molar-refractivity contribution < 1.29 is 28.6 Å². The van der Waals surface area contributed by atoms with Crippen LogP contribution in [0.2, 0.25) is 0 Å². The quantitative estimate of drug-likeness (QED) is 0.463. The summed E-state index contributed by atoms with van der Waals surface area (Å²) in [6.45, 7) is 3.63. The Hall–Kier alpha value is -3.41. The molecule has 26 heavy (non-hydrogen) atoms. The van der Waals surface area contributed by atoms with Crippen molar-refractivity contribution in [1.82, 2.24) is 0 Å². The van der Waals surface area contributed by atoms with Crippen LogP contribution in [0, 0.1) is 0 Å². The highest BCUT2D eigenvalue weighted by Gasteiger charge is 2.21. The summed E-state index contributed by atoms with van der Waals surface area (Å²) in [6.07, 6.45) is 3.52. The summed E-state index contributed by atoms with van der Waals surface area (Å²) in [5.74, 6) is -1.99. The maximum absolute atomic E-state index is 11.5. The van der Waals surface area contributed by atoms with E-state index in [9.17, 15) is 14.4 Å². The summed E-state index contributed by atoms with van der Waals surface area (Å²) >= 11 is 0. The molecule has 0 heterocycles. The van der Waals surface area contributed by atoms with Gasteiger partial charge in [-0.1, -0.05) is 42.5 Å². The number of hydrogen-bond donors (Lipinski definition) is 0. The molecule has 6 nitrogen and oxygen atoms in total. The van der Waals surface area contributed by atoms with Crippen LogP contribution in [-0.2, 0) is 14.4 Å². The van der Waals surface area contributed by atoms with Crippen molar-refractivity contribution in [1.29, 1.82) is 0 Å². The fourth-order valence-electron chi connectivity index (χ4n) is 2.17. The summed E-state index contributed by atoms with van der Waals surface area (Å²) in [4.78, 5) is 34.3. The Morgan fingerprint density at radius 2 is 1.27 bits per heavy atom. The third kappa shape index (κ3) is 5.31. The minimum Gasteiger partial charge on any atom is -0.423 e. The highest BCUT2D eigenvalue weighted by atomic mass is 16.6. The third-order valence-electron chi connectivity index (χ3n) is 3.11. The molecule has 6 heteroatoms. The number of carbonyl (C=O) groups is 3. The number of hydrogen-bond acceptors (Lipinski definition) is 6. The topological polar surface area (TPSA) is 78.9 Å². The monoisotopic (exact) mass is 354 g/mol. The van der Waals surface area contributed by atoms with Crippen molar-refractivity contribution in [3.05, 3.63) is 53.6 Å². The van der Waals surface area contributed by atoms with E-state index in [-0.39, 0.29) is 17.2 Å². The third-order valence-corrected chi connectivity index (χ3v) is 3.11. The molecule has 0 aliphatic carbocycles. The van der Waals surface area contributed by atoms with Gasteiger partial charge in [0.1, 0.15) is 0 Å². The Balaban J connectivity index is 2.55. The van der Waals surface area contributed by atoms with Gasteiger partial charge in [0.25, 0.3) is 0 Å². The average Bonchev–Trinajstić information content (AvgIpc) is 2.56. The van der Waals surface area contributed by atoms with Gasteiger partial charge in [0.05, 0.1) is 0 Å². The molecule has 0 saturated carbocycles. The first-order chi connectivity index (χ1) is 12.4. The van der Waals surface area contributed by atoms with Gasteiger partial charge in [-0.25, -0.2) is 0 Å². The summed E-state index contributed by atoms with van der Waals surface area (Å²) in [7, 11) is 0. The highest BCUT2D eigenvalue weighted by Crippen LogP contribution is 2.41. The second-order valence-corrected chi connectivity index (χ2v) is 5.34. The lowest BCUT2D eigenvalue weighted by Gasteiger charge is -2.15. The SMILES string of the molecule is CC(=O)Oc1ccc(C=Cc2ccccc2)c(OC(C)=O)c1OC(C)=O. The van der Waals surface area contributed by atoms with Crippen LogP contribution in [0.1, 0.15) is 31.9 Å². The number of rotatable bonds is 5. The van der Waals surface area contributed by atoms with Gasteiger partial charge in [-0.05, 0) is 17.7 Å². The van der Waals surface area contributed by atoms with E-state index in [0.717, 1.165) is 5.56 Å². The minimum absolute atomic E-state index is 0.00127. The van der Waals surface area contributed by atoms with E-state index in [1.165, 1.54) is 26.8 Å². The smallest absolute Gasteiger partial charge is 0.308 e. The van der Waals surface area contributed by atoms with Crippen LogP contribution in [0.3, 0.4) is 0 Å². The molecule has 0 saturated heterocycles. The highest BCUT2D eigenvalue weighted by molar-refractivity contribution is 5.83. The van der Waals surface area contributed by atoms with E-state index in [0.29, 0.717) is 5.56 Å². The van der Waals surface area contributed by atoms with Gasteiger partial charge >= 0.3 is 17.9 Å². The Morgan fingerprint density at radius 3 is 1.85 bits per heavy atom. The van der Waals surface area contributed by atoms with E-state index in [1.54, 1.807) is 12.1 Å². The second kappa shape index (κ2) is 8.62. The second-order valence-electron chi connectivity index (χ2n) is 5.34. The van der Waals surface area contributed by atoms with Gasteiger partial charge in [0.2, 0.25) is 5.75 Å². The van der Waals surface area contributed by atoms with Crippen molar-refractivity contribution in [3.8, 4) is 17.2 Å². The number of ether oxygens (including phenoxy) is 3. The number of carbonyl (C=O) groups excluding carboxylic acids is 3. The molecular weight excluding hydrogens is 336 g/mol. The van der Waals surface area contributed by atoms with E-state index >= 15 is 0 Å². The maximum Gasteiger partial charge on any atom is 0.308 e. The summed E-state index contributed by atoms with van der Waals surface area (Å²) in [5.41, 5.74) is 1.41. The van der Waals surface area contributed by atoms with Crippen LogP contribution >= 0.6 is 0 Å². The fourth-order valence-corrected chi connectivity index (χ4v) is 2.17. The van der Waals surface area contributed by atoms with Crippen molar-refractivity contribution in [2.75, 3.05) is 0 Å². The molecule has 0 radical (unpaired) electrons. The van der Waals surface area contributed by atoms with Crippen molar-refractivity contribution in [2.24, 2.45) is 0 Å². The lowest BCUT2D eigenvalue weighted by molar-refractivity contribution is -0.135. The van der Waals surface area contributed by atoms with Crippen molar-refractivity contribution in [2.45, 2.75) is 20.8 Å². The summed E-state index contributed by atoms with van der Waals surface area (Å²) in [6, 6.07) is 12.6. The molecule has 2 aromatic carbocycles. The van der Waals surface area contributed by atoms with Gasteiger partial charge < -0.3 is 14.2 Å². The molecule has 0 amide bonds. The molecule has 2 aromatic rings. The zero-order valence-electron chi connectivity index (χ0n) is 14.6. The predicted molar refractivity (Wildman–Crippen MR) is 95.7 cm³/mol. The zero-order valence-corrected chi connectivity index (χ0v) is 14.6. The minimum atomic E-state index is -0.643. The largest absolute Gasteiger partial charge is 0.423 e. The Kier molecular flexibility index (Phi) is 6.27. The zero-order chi connectivity index (χ0) is 19.1. The fraction of sp³-hybridized carbons (Fsp3) is 0.150. The number of esters is 3. The van der Waals surface area contributed by atoms with Crippen LogP contribution in [0.4, 0.5) is 0 Å². The maximum atomic E-state index is 11.5. The lowest BCUT2D eigenvalue weighted by atomic mass is 10.1. The van der Waals surface area contributed by atoms with Gasteiger partial charge in [-0.2, -0.15) is 0 Å². The van der Waals surface area contributed by atoms with Crippen LogP contribution < -0.4 is 14.2 Å². The average molecular weight is 354 g/mol. The van der Waals surface area contributed by atoms with Gasteiger partial charge in [0, 0.05) is 26.3 Å². The molecule has 134 valence electrons. The molecule has 2 rings (SSSR count). The van der Waals surface area contributed by atoms with E-state index < -0.39 is 17.9 Å². The normalized spacial score (nSPS) is 10.4. The molecule has 0 bridgehead atoms. The van der Waals surface area contributed by atoms with Gasteiger partial charge in [-0.3, -0.25) is 14.4 Å². The molecule has 0 atom stereocenters. The molecule has 0 aliphatic rings. The molecule has 0 fully saturated rings. The first kappa shape index (κ1) is 18.9. The lowest BCUT2D eigenvalue weighted by Crippen LogP contribution is -2.11. The molecule has 0 spiro atoms. The molecule has 0 aromatic heterocycles. The van der Waals surface area contributed by atoms with Crippen LogP contribution in [0.15, 0.2) is 42.5 Å². The van der Waals surface area contributed by atoms with E-state index in [4.69, 9.17) is 14.2 Å². The van der Waals surface area contributed by atoms with E-state index in [1.807, 2.05) is 36.4 Å². The molecular formula is C20H18O6. The van der Waals surface area contributed by atoms with Gasteiger partial charge in [0.15, 0.2) is 11.5 Å². The van der Waals surface area contributed by atoms with E-state index in [2.05, 4.69) is 0 Å². The molecule has 0 unspecified atom stereocenters. The Bertz CT molecular complexity index is 852. The molecule has 0 N–H and O–H groups in total. The summed E-state index contributed by atoms with van der Waals surface area (Å²) < 4.78 is 15.4.